The van der Waals surface area contributed by atoms with E-state index in [0.29, 0.717) is 28.0 Å². The van der Waals surface area contributed by atoms with Crippen LogP contribution in [-0.4, -0.2) is 27.9 Å². The predicted molar refractivity (Wildman–Crippen MR) is 131 cm³/mol. The largest absolute Gasteiger partial charge is 0.507 e. The molecule has 0 unspecified atom stereocenters. The fraction of sp³-hybridized carbons (Fsp3) is 0.148. The molecule has 2 atom stereocenters. The van der Waals surface area contributed by atoms with Crippen molar-refractivity contribution in [2.24, 2.45) is 0 Å². The van der Waals surface area contributed by atoms with Crippen molar-refractivity contribution >= 4 is 44.1 Å². The van der Waals surface area contributed by atoms with Gasteiger partial charge >= 0.3 is 5.91 Å². The van der Waals surface area contributed by atoms with Crippen LogP contribution in [0.25, 0.3) is 16.0 Å². The molecular weight excluding hydrogens is 486 g/mol. The first-order valence-corrected chi connectivity index (χ1v) is 12.0. The summed E-state index contributed by atoms with van der Waals surface area (Å²) in [6.45, 7) is 1.92. The number of halogens is 2. The Hall–Kier alpha value is -4.11. The zero-order valence-corrected chi connectivity index (χ0v) is 19.7. The molecule has 1 amide bonds. The van der Waals surface area contributed by atoms with Crippen molar-refractivity contribution in [1.82, 2.24) is 4.98 Å². The molecule has 1 aromatic heterocycles. The van der Waals surface area contributed by atoms with E-state index in [-0.39, 0.29) is 22.4 Å². The molecule has 0 spiro atoms. The van der Waals surface area contributed by atoms with Gasteiger partial charge in [0.25, 0.3) is 5.78 Å². The number of ketones is 1. The number of hydrogen-bond acceptors (Lipinski definition) is 6. The summed E-state index contributed by atoms with van der Waals surface area (Å²) in [5.41, 5.74) is 1.39. The molecule has 1 fully saturated rings. The van der Waals surface area contributed by atoms with E-state index >= 15 is 4.39 Å². The number of carbonyl (C=O) groups excluding carboxylic acids is 2. The quantitative estimate of drug-likeness (QED) is 0.226. The number of rotatable bonds is 3. The highest BCUT2D eigenvalue weighted by atomic mass is 32.1. The second kappa shape index (κ2) is 8.23. The maximum absolute atomic E-state index is 15.1. The second-order valence-corrected chi connectivity index (χ2v) is 9.76. The highest BCUT2D eigenvalue weighted by Gasteiger charge is 2.49. The Bertz CT molecular complexity index is 1610. The third kappa shape index (κ3) is 3.46. The minimum Gasteiger partial charge on any atom is -0.507 e. The first-order chi connectivity index (χ1) is 17.3. The van der Waals surface area contributed by atoms with Gasteiger partial charge in [0.1, 0.15) is 35.3 Å². The molecule has 180 valence electrons. The van der Waals surface area contributed by atoms with E-state index < -0.39 is 35.1 Å². The van der Waals surface area contributed by atoms with E-state index in [9.17, 15) is 19.1 Å². The van der Waals surface area contributed by atoms with Crippen molar-refractivity contribution in [2.75, 3.05) is 4.90 Å². The number of nitrogens with zero attached hydrogens (tertiary/aromatic N) is 2. The Morgan fingerprint density at radius 3 is 2.72 bits per heavy atom. The summed E-state index contributed by atoms with van der Waals surface area (Å²) in [7, 11) is 0. The molecule has 3 heterocycles. The Labute approximate surface area is 208 Å². The van der Waals surface area contributed by atoms with Gasteiger partial charge in [0.15, 0.2) is 5.13 Å². The number of anilines is 1. The monoisotopic (exact) mass is 504 g/mol. The number of benzene rings is 3. The summed E-state index contributed by atoms with van der Waals surface area (Å²) in [5.74, 6) is -2.77. The highest BCUT2D eigenvalue weighted by Crippen LogP contribution is 2.45. The molecule has 36 heavy (non-hydrogen) atoms. The van der Waals surface area contributed by atoms with Gasteiger partial charge < -0.3 is 9.84 Å². The zero-order chi connectivity index (χ0) is 25.1. The van der Waals surface area contributed by atoms with Crippen LogP contribution < -0.4 is 9.64 Å². The molecular formula is C27H18F2N2O4S. The van der Waals surface area contributed by atoms with Crippen LogP contribution in [0.15, 0.2) is 66.2 Å². The van der Waals surface area contributed by atoms with Crippen LogP contribution in [0.2, 0.25) is 0 Å². The molecule has 3 aromatic carbocycles. The van der Waals surface area contributed by atoms with Gasteiger partial charge in [-0.15, -0.1) is 0 Å². The topological polar surface area (TPSA) is 79.7 Å². The predicted octanol–water partition coefficient (Wildman–Crippen LogP) is 5.52. The van der Waals surface area contributed by atoms with E-state index in [0.717, 1.165) is 21.8 Å². The van der Waals surface area contributed by atoms with Crippen molar-refractivity contribution in [2.45, 2.75) is 25.5 Å². The SMILES string of the molecule is C[C@H]1Cc2cc(C(O)=C3C(=O)C(=O)N(c4nc5ccc(F)cc5s4)[C@H]3c3ccccc3F)ccc2O1. The van der Waals surface area contributed by atoms with Crippen molar-refractivity contribution in [3.05, 3.63) is 94.6 Å². The van der Waals surface area contributed by atoms with Crippen LogP contribution in [0.3, 0.4) is 0 Å². The van der Waals surface area contributed by atoms with Crippen LogP contribution in [0.5, 0.6) is 5.75 Å². The van der Waals surface area contributed by atoms with Gasteiger partial charge in [-0.1, -0.05) is 29.5 Å². The van der Waals surface area contributed by atoms with E-state index in [1.54, 1.807) is 24.3 Å². The van der Waals surface area contributed by atoms with Crippen LogP contribution in [0.1, 0.15) is 29.7 Å². The molecule has 9 heteroatoms. The maximum atomic E-state index is 15.1. The number of aromatic nitrogens is 1. The third-order valence-electron chi connectivity index (χ3n) is 6.36. The molecule has 2 aliphatic rings. The lowest BCUT2D eigenvalue weighted by Crippen LogP contribution is -2.29. The standard InChI is InChI=1S/C27H18F2N2O4S/c1-13-10-15-11-14(6-9-20(15)35-13)24(32)22-23(17-4-2-3-5-18(17)29)31(26(34)25(22)33)27-30-19-8-7-16(28)12-21(19)36-27/h2-9,11-13,23,32H,10H2,1H3/t13-,23-/m0/s1. The van der Waals surface area contributed by atoms with Crippen molar-refractivity contribution in [3.63, 3.8) is 0 Å². The average Bonchev–Trinajstić information content (AvgIpc) is 3.51. The van der Waals surface area contributed by atoms with Crippen molar-refractivity contribution in [3.8, 4) is 5.75 Å². The molecule has 1 N–H and O–H groups in total. The van der Waals surface area contributed by atoms with Gasteiger partial charge in [0.2, 0.25) is 0 Å². The number of amides is 1. The highest BCUT2D eigenvalue weighted by molar-refractivity contribution is 7.22. The van der Waals surface area contributed by atoms with E-state index in [1.165, 1.54) is 36.4 Å². The van der Waals surface area contributed by atoms with E-state index in [2.05, 4.69) is 4.98 Å². The zero-order valence-electron chi connectivity index (χ0n) is 18.9. The summed E-state index contributed by atoms with van der Waals surface area (Å²) < 4.78 is 35.0. The lowest BCUT2D eigenvalue weighted by Gasteiger charge is -2.23. The van der Waals surface area contributed by atoms with Gasteiger partial charge in [-0.05, 0) is 55.0 Å². The molecule has 0 radical (unpaired) electrons. The smallest absolute Gasteiger partial charge is 0.301 e. The number of Topliss-reactive ketones (excluding diaryl/α,β-unsaturated/α-hetero) is 1. The number of ether oxygens (including phenoxy) is 1. The van der Waals surface area contributed by atoms with Crippen LogP contribution in [0, 0.1) is 11.6 Å². The van der Waals surface area contributed by atoms with Crippen molar-refractivity contribution < 1.29 is 28.2 Å². The lowest BCUT2D eigenvalue weighted by atomic mass is 9.94. The molecule has 2 aliphatic heterocycles. The molecule has 6 nitrogen and oxygen atoms in total. The van der Waals surface area contributed by atoms with Gasteiger partial charge in [-0.25, -0.2) is 13.8 Å². The first-order valence-electron chi connectivity index (χ1n) is 11.2. The number of carbonyl (C=O) groups is 2. The van der Waals surface area contributed by atoms with Crippen LogP contribution in [0.4, 0.5) is 13.9 Å². The fourth-order valence-electron chi connectivity index (χ4n) is 4.74. The van der Waals surface area contributed by atoms with Crippen LogP contribution >= 0.6 is 11.3 Å². The fourth-order valence-corrected chi connectivity index (χ4v) is 5.75. The molecule has 0 aliphatic carbocycles. The van der Waals surface area contributed by atoms with Gasteiger partial charge in [-0.3, -0.25) is 14.5 Å². The Morgan fingerprint density at radius 2 is 1.92 bits per heavy atom. The molecule has 0 bridgehead atoms. The molecule has 6 rings (SSSR count). The summed E-state index contributed by atoms with van der Waals surface area (Å²) in [6.07, 6.45) is 0.606. The van der Waals surface area contributed by atoms with Gasteiger partial charge in [-0.2, -0.15) is 0 Å². The second-order valence-electron chi connectivity index (χ2n) is 8.75. The van der Waals surface area contributed by atoms with E-state index in [4.69, 9.17) is 4.74 Å². The maximum Gasteiger partial charge on any atom is 0.301 e. The molecule has 4 aromatic rings. The average molecular weight is 505 g/mol. The summed E-state index contributed by atoms with van der Waals surface area (Å²) >= 11 is 1.00. The van der Waals surface area contributed by atoms with Gasteiger partial charge in [0, 0.05) is 17.5 Å². The Morgan fingerprint density at radius 1 is 1.11 bits per heavy atom. The summed E-state index contributed by atoms with van der Waals surface area (Å²) in [6, 6.07) is 13.5. The normalized spacial score (nSPS) is 20.7. The Kier molecular flexibility index (Phi) is 5.11. The summed E-state index contributed by atoms with van der Waals surface area (Å²) in [4.78, 5) is 32.1. The van der Waals surface area contributed by atoms with Crippen molar-refractivity contribution in [1.29, 1.82) is 0 Å². The minimum absolute atomic E-state index is 0.0229. The van der Waals surface area contributed by atoms with Crippen LogP contribution in [-0.2, 0) is 16.0 Å². The number of aliphatic hydroxyl groups excluding tert-OH is 1. The molecule has 0 saturated carbocycles. The number of aliphatic hydroxyl groups is 1. The molecule has 1 saturated heterocycles. The lowest BCUT2D eigenvalue weighted by molar-refractivity contribution is -0.132. The first kappa shape index (κ1) is 22.4. The number of thiazole rings is 1. The summed E-state index contributed by atoms with van der Waals surface area (Å²) in [5, 5.41) is 11.4. The minimum atomic E-state index is -1.26. The van der Waals surface area contributed by atoms with E-state index in [1.807, 2.05) is 6.92 Å². The number of hydrogen-bond donors (Lipinski definition) is 1. The Balaban J connectivity index is 1.55. The number of fused-ring (bicyclic) bond motifs is 2. The third-order valence-corrected chi connectivity index (χ3v) is 7.38. The van der Waals surface area contributed by atoms with Gasteiger partial charge in [0.05, 0.1) is 15.8 Å².